The van der Waals surface area contributed by atoms with Gasteiger partial charge in [0.1, 0.15) is 5.60 Å². The van der Waals surface area contributed by atoms with Gasteiger partial charge >= 0.3 is 6.09 Å². The second kappa shape index (κ2) is 5.31. The van der Waals surface area contributed by atoms with E-state index in [1.807, 2.05) is 0 Å². The molecule has 0 heterocycles. The molecule has 1 unspecified atom stereocenters. The van der Waals surface area contributed by atoms with Crippen LogP contribution in [-0.2, 0) is 14.9 Å². The second-order valence-corrected chi connectivity index (χ2v) is 5.58. The van der Waals surface area contributed by atoms with Crippen molar-refractivity contribution in [2.24, 2.45) is 0 Å². The highest BCUT2D eigenvalue weighted by Crippen LogP contribution is 2.06. The number of rotatable bonds is 3. The Kier molecular flexibility index (Phi) is 4.95. The third kappa shape index (κ3) is 9.47. The lowest BCUT2D eigenvalue weighted by molar-refractivity contribution is 0.0518. The van der Waals surface area contributed by atoms with E-state index >= 15 is 0 Å². The molecule has 94 valence electrons. The van der Waals surface area contributed by atoms with Gasteiger partial charge in [0.25, 0.3) is 10.1 Å². The quantitative estimate of drug-likeness (QED) is 0.737. The minimum atomic E-state index is -4.16. The van der Waals surface area contributed by atoms with E-state index in [1.54, 1.807) is 27.7 Å². The molecule has 0 aromatic rings. The van der Waals surface area contributed by atoms with Crippen molar-refractivity contribution < 1.29 is 22.5 Å². The minimum Gasteiger partial charge on any atom is -0.444 e. The molecule has 1 amide bonds. The van der Waals surface area contributed by atoms with Gasteiger partial charge in [-0.05, 0) is 33.8 Å². The van der Waals surface area contributed by atoms with Gasteiger partial charge in [0.2, 0.25) is 0 Å². The van der Waals surface area contributed by atoms with Crippen LogP contribution < -0.4 is 5.32 Å². The number of nitrogens with one attached hydrogen (secondary N) is 1. The molecule has 0 spiro atoms. The number of alkyl carbamates (subject to hydrolysis) is 1. The van der Waals surface area contributed by atoms with Gasteiger partial charge in [0.15, 0.2) is 0 Å². The molecule has 0 saturated carbocycles. The van der Waals surface area contributed by atoms with Crippen molar-refractivity contribution in [2.75, 3.05) is 0 Å². The largest absolute Gasteiger partial charge is 0.444 e. The normalized spacial score (nSPS) is 14.8. The van der Waals surface area contributed by atoms with Gasteiger partial charge in [0.05, 0.1) is 5.41 Å². The van der Waals surface area contributed by atoms with Crippen LogP contribution in [0.25, 0.3) is 0 Å². The first-order valence-corrected chi connectivity index (χ1v) is 6.15. The monoisotopic (exact) mass is 251 g/mol. The summed E-state index contributed by atoms with van der Waals surface area (Å²) in [6, 6.07) is -0.559. The fourth-order valence-corrected chi connectivity index (χ4v) is 1.19. The summed E-state index contributed by atoms with van der Waals surface area (Å²) in [4.78, 5) is 11.2. The fourth-order valence-electron chi connectivity index (χ4n) is 0.759. The molecule has 1 atom stereocenters. The van der Waals surface area contributed by atoms with E-state index in [-0.39, 0.29) is 0 Å². The first-order chi connectivity index (χ1) is 6.99. The van der Waals surface area contributed by atoms with Crippen molar-refractivity contribution in [3.63, 3.8) is 0 Å². The molecule has 0 aromatic carbocycles. The van der Waals surface area contributed by atoms with Crippen LogP contribution >= 0.6 is 0 Å². The van der Waals surface area contributed by atoms with Crippen LogP contribution in [0.15, 0.2) is 11.5 Å². The molecule has 7 heteroatoms. The molecule has 2 N–H and O–H groups in total. The molecule has 0 aliphatic rings. The average Bonchev–Trinajstić information content (AvgIpc) is 1.95. The lowest BCUT2D eigenvalue weighted by Gasteiger charge is -2.20. The molecule has 0 aromatic heterocycles. The summed E-state index contributed by atoms with van der Waals surface area (Å²) in [5.41, 5.74) is -0.615. The number of amides is 1. The zero-order valence-corrected chi connectivity index (χ0v) is 10.5. The molecular formula is C9H17NO5S. The van der Waals surface area contributed by atoms with E-state index in [1.165, 1.54) is 0 Å². The van der Waals surface area contributed by atoms with E-state index in [0.29, 0.717) is 5.41 Å². The molecule has 0 rings (SSSR count). The Balaban J connectivity index is 4.22. The Hall–Kier alpha value is -1.08. The number of carbonyl (C=O) groups is 1. The van der Waals surface area contributed by atoms with Gasteiger partial charge in [-0.3, -0.25) is 4.55 Å². The van der Waals surface area contributed by atoms with Crippen LogP contribution in [0.5, 0.6) is 0 Å². The Bertz CT molecular complexity index is 366. The van der Waals surface area contributed by atoms with Crippen molar-refractivity contribution in [3.8, 4) is 0 Å². The molecule has 0 aliphatic heterocycles. The van der Waals surface area contributed by atoms with E-state index in [2.05, 4.69) is 5.32 Å². The third-order valence-corrected chi connectivity index (χ3v) is 1.78. The van der Waals surface area contributed by atoms with Gasteiger partial charge < -0.3 is 10.1 Å². The van der Waals surface area contributed by atoms with Gasteiger partial charge in [0, 0.05) is 6.04 Å². The Morgan fingerprint density at radius 1 is 1.44 bits per heavy atom. The van der Waals surface area contributed by atoms with E-state index in [0.717, 1.165) is 6.08 Å². The number of carbonyl (C=O) groups excluding carboxylic acids is 1. The molecule has 0 fully saturated rings. The van der Waals surface area contributed by atoms with Crippen molar-refractivity contribution in [3.05, 3.63) is 11.5 Å². The summed E-state index contributed by atoms with van der Waals surface area (Å²) in [5.74, 6) is 0. The van der Waals surface area contributed by atoms with Crippen LogP contribution in [0.2, 0.25) is 0 Å². The maximum absolute atomic E-state index is 11.2. The van der Waals surface area contributed by atoms with Crippen molar-refractivity contribution in [1.82, 2.24) is 5.32 Å². The van der Waals surface area contributed by atoms with Crippen molar-refractivity contribution >= 4 is 16.2 Å². The first-order valence-electron chi connectivity index (χ1n) is 4.65. The van der Waals surface area contributed by atoms with Crippen LogP contribution in [-0.4, -0.2) is 30.7 Å². The summed E-state index contributed by atoms with van der Waals surface area (Å²) in [6.45, 7) is 6.69. The molecule has 16 heavy (non-hydrogen) atoms. The second-order valence-electron chi connectivity index (χ2n) is 4.28. The van der Waals surface area contributed by atoms with Crippen LogP contribution in [0.3, 0.4) is 0 Å². The van der Waals surface area contributed by atoms with E-state index < -0.39 is 27.9 Å². The summed E-state index contributed by atoms with van der Waals surface area (Å²) >= 11 is 0. The topological polar surface area (TPSA) is 92.7 Å². The predicted molar refractivity (Wildman–Crippen MR) is 59.5 cm³/mol. The van der Waals surface area contributed by atoms with Gasteiger partial charge in [-0.2, -0.15) is 8.42 Å². The van der Waals surface area contributed by atoms with E-state index in [9.17, 15) is 13.2 Å². The summed E-state index contributed by atoms with van der Waals surface area (Å²) in [5, 5.41) is 2.99. The molecule has 0 aliphatic carbocycles. The highest BCUT2D eigenvalue weighted by Gasteiger charge is 2.16. The van der Waals surface area contributed by atoms with Gasteiger partial charge in [-0.1, -0.05) is 0 Å². The lowest BCUT2D eigenvalue weighted by Crippen LogP contribution is -2.36. The van der Waals surface area contributed by atoms with Gasteiger partial charge in [-0.25, -0.2) is 4.79 Å². The average molecular weight is 251 g/mol. The van der Waals surface area contributed by atoms with Crippen LogP contribution in [0, 0.1) is 0 Å². The fraction of sp³-hybridized carbons (Fsp3) is 0.667. The number of hydrogen-bond donors (Lipinski definition) is 2. The van der Waals surface area contributed by atoms with Gasteiger partial charge in [-0.15, -0.1) is 0 Å². The minimum absolute atomic E-state index is 0.559. The standard InChI is InChI=1S/C9H17NO5S/c1-7(5-6-16(12,13)14)10-8(11)15-9(2,3)4/h5-7H,1-4H3,(H,10,11)(H,12,13,14). The van der Waals surface area contributed by atoms with Crippen molar-refractivity contribution in [2.45, 2.75) is 39.3 Å². The Morgan fingerprint density at radius 2 is 1.94 bits per heavy atom. The van der Waals surface area contributed by atoms with E-state index in [4.69, 9.17) is 9.29 Å². The molecule has 0 radical (unpaired) electrons. The lowest BCUT2D eigenvalue weighted by atomic mass is 10.2. The maximum Gasteiger partial charge on any atom is 0.408 e. The predicted octanol–water partition coefficient (Wildman–Crippen LogP) is 1.30. The summed E-state index contributed by atoms with van der Waals surface area (Å²) < 4.78 is 34.1. The van der Waals surface area contributed by atoms with Crippen molar-refractivity contribution in [1.29, 1.82) is 0 Å². The summed E-state index contributed by atoms with van der Waals surface area (Å²) in [7, 11) is -4.16. The molecule has 0 saturated heterocycles. The highest BCUT2D eigenvalue weighted by molar-refractivity contribution is 7.88. The maximum atomic E-state index is 11.2. The smallest absolute Gasteiger partial charge is 0.408 e. The molecule has 6 nitrogen and oxygen atoms in total. The van der Waals surface area contributed by atoms with Crippen LogP contribution in [0.1, 0.15) is 27.7 Å². The number of hydrogen-bond acceptors (Lipinski definition) is 4. The molecule has 0 bridgehead atoms. The molecular weight excluding hydrogens is 234 g/mol. The third-order valence-electron chi connectivity index (χ3n) is 1.28. The Morgan fingerprint density at radius 3 is 2.31 bits per heavy atom. The zero-order valence-electron chi connectivity index (χ0n) is 9.72. The highest BCUT2D eigenvalue weighted by atomic mass is 32.2. The summed E-state index contributed by atoms with van der Waals surface area (Å²) in [6.07, 6.45) is 0.485. The zero-order chi connectivity index (χ0) is 13.0. The Labute approximate surface area is 95.4 Å². The SMILES string of the molecule is CC(C=CS(=O)(=O)O)NC(=O)OC(C)(C)C. The van der Waals surface area contributed by atoms with Crippen LogP contribution in [0.4, 0.5) is 4.79 Å². The first kappa shape index (κ1) is 14.9. The number of ether oxygens (including phenoxy) is 1.